The lowest BCUT2D eigenvalue weighted by atomic mass is 10.1. The van der Waals surface area contributed by atoms with Crippen LogP contribution >= 0.6 is 22.6 Å². The highest BCUT2D eigenvalue weighted by molar-refractivity contribution is 14.1. The Morgan fingerprint density at radius 3 is 2.76 bits per heavy atom. The number of aliphatic hydroxyl groups is 1. The number of nitrogens with zero attached hydrogens (tertiary/aromatic N) is 1. The summed E-state index contributed by atoms with van der Waals surface area (Å²) in [5.74, 6) is 0.128. The maximum absolute atomic E-state index is 12.1. The van der Waals surface area contributed by atoms with Gasteiger partial charge in [0.15, 0.2) is 0 Å². The Bertz CT molecular complexity index is 391. The van der Waals surface area contributed by atoms with Crippen molar-refractivity contribution in [1.29, 1.82) is 0 Å². The number of carbonyl (C=O) groups is 1. The Morgan fingerprint density at radius 2 is 2.12 bits per heavy atom. The lowest BCUT2D eigenvalue weighted by molar-refractivity contribution is -0.131. The molecule has 92 valence electrons. The average Bonchev–Trinajstić information content (AvgIpc) is 2.80. The summed E-state index contributed by atoms with van der Waals surface area (Å²) in [5.41, 5.74) is 1.04. The molecule has 0 spiro atoms. The summed E-state index contributed by atoms with van der Waals surface area (Å²) in [6.45, 7) is 0.868. The maximum atomic E-state index is 12.1. The van der Waals surface area contributed by atoms with Crippen molar-refractivity contribution in [2.75, 3.05) is 13.2 Å². The quantitative estimate of drug-likeness (QED) is 0.849. The number of halogens is 1. The van der Waals surface area contributed by atoms with Gasteiger partial charge in [0, 0.05) is 10.1 Å². The van der Waals surface area contributed by atoms with E-state index in [1.807, 2.05) is 29.2 Å². The minimum Gasteiger partial charge on any atom is -0.394 e. The van der Waals surface area contributed by atoms with E-state index >= 15 is 0 Å². The minimum atomic E-state index is 0.0337. The van der Waals surface area contributed by atoms with Gasteiger partial charge in [0.1, 0.15) is 0 Å². The Kier molecular flexibility index (Phi) is 4.39. The van der Waals surface area contributed by atoms with Crippen molar-refractivity contribution in [3.05, 3.63) is 33.4 Å². The highest BCUT2D eigenvalue weighted by atomic mass is 127. The third-order valence-electron chi connectivity index (χ3n) is 3.18. The number of hydrogen-bond donors (Lipinski definition) is 1. The minimum absolute atomic E-state index is 0.0337. The van der Waals surface area contributed by atoms with Crippen molar-refractivity contribution >= 4 is 28.5 Å². The lowest BCUT2D eigenvalue weighted by Crippen LogP contribution is -2.38. The van der Waals surface area contributed by atoms with E-state index in [2.05, 4.69) is 22.6 Å². The summed E-state index contributed by atoms with van der Waals surface area (Å²) in [4.78, 5) is 13.9. The molecule has 1 atom stereocenters. The van der Waals surface area contributed by atoms with Crippen LogP contribution < -0.4 is 0 Å². The first-order valence-electron chi connectivity index (χ1n) is 5.85. The summed E-state index contributed by atoms with van der Waals surface area (Å²) in [7, 11) is 0. The monoisotopic (exact) mass is 345 g/mol. The van der Waals surface area contributed by atoms with E-state index in [1.165, 1.54) is 3.57 Å². The number of aliphatic hydroxyl groups excluding tert-OH is 1. The fraction of sp³-hybridized carbons (Fsp3) is 0.462. The van der Waals surface area contributed by atoms with E-state index < -0.39 is 0 Å². The van der Waals surface area contributed by atoms with Crippen LogP contribution in [0.5, 0.6) is 0 Å². The van der Waals surface area contributed by atoms with E-state index in [-0.39, 0.29) is 18.6 Å². The molecule has 0 bridgehead atoms. The molecule has 1 heterocycles. The van der Waals surface area contributed by atoms with Gasteiger partial charge in [-0.05, 0) is 53.1 Å². The SMILES string of the molecule is O=C(Cc1ccc(I)cc1)N1CCC[C@@H]1CO. The maximum Gasteiger partial charge on any atom is 0.227 e. The number of amides is 1. The second-order valence-corrected chi connectivity index (χ2v) is 5.61. The van der Waals surface area contributed by atoms with Crippen LogP contribution in [-0.2, 0) is 11.2 Å². The van der Waals surface area contributed by atoms with Gasteiger partial charge in [-0.2, -0.15) is 0 Å². The van der Waals surface area contributed by atoms with Gasteiger partial charge >= 0.3 is 0 Å². The van der Waals surface area contributed by atoms with Crippen LogP contribution in [0, 0.1) is 3.57 Å². The third-order valence-corrected chi connectivity index (χ3v) is 3.90. The van der Waals surface area contributed by atoms with E-state index in [0.717, 1.165) is 24.9 Å². The largest absolute Gasteiger partial charge is 0.394 e. The number of benzene rings is 1. The molecule has 1 aromatic carbocycles. The molecule has 0 unspecified atom stereocenters. The van der Waals surface area contributed by atoms with Crippen molar-refractivity contribution < 1.29 is 9.90 Å². The van der Waals surface area contributed by atoms with Gasteiger partial charge in [-0.1, -0.05) is 12.1 Å². The second-order valence-electron chi connectivity index (χ2n) is 4.37. The molecular formula is C13H16INO2. The van der Waals surface area contributed by atoms with Gasteiger partial charge in [0.2, 0.25) is 5.91 Å². The molecule has 4 heteroatoms. The Hall–Kier alpha value is -0.620. The molecular weight excluding hydrogens is 329 g/mol. The second kappa shape index (κ2) is 5.82. The Labute approximate surface area is 115 Å². The molecule has 1 aliphatic rings. The number of carbonyl (C=O) groups excluding carboxylic acids is 1. The fourth-order valence-electron chi connectivity index (χ4n) is 2.23. The molecule has 0 aromatic heterocycles. The number of likely N-dealkylation sites (tertiary alicyclic amines) is 1. The van der Waals surface area contributed by atoms with Crippen LogP contribution in [0.4, 0.5) is 0 Å². The van der Waals surface area contributed by atoms with Crippen LogP contribution in [-0.4, -0.2) is 35.1 Å². The van der Waals surface area contributed by atoms with Crippen LogP contribution in [0.15, 0.2) is 24.3 Å². The van der Waals surface area contributed by atoms with Crippen molar-refractivity contribution in [3.63, 3.8) is 0 Å². The van der Waals surface area contributed by atoms with E-state index in [4.69, 9.17) is 0 Å². The van der Waals surface area contributed by atoms with Crippen LogP contribution in [0.1, 0.15) is 18.4 Å². The Morgan fingerprint density at radius 1 is 1.41 bits per heavy atom. The van der Waals surface area contributed by atoms with Gasteiger partial charge in [0.05, 0.1) is 19.1 Å². The molecule has 0 radical (unpaired) electrons. The normalized spacial score (nSPS) is 19.6. The summed E-state index contributed by atoms with van der Waals surface area (Å²) >= 11 is 2.25. The van der Waals surface area contributed by atoms with Crippen molar-refractivity contribution in [3.8, 4) is 0 Å². The number of rotatable bonds is 3. The zero-order valence-electron chi connectivity index (χ0n) is 9.60. The van der Waals surface area contributed by atoms with Gasteiger partial charge in [-0.3, -0.25) is 4.79 Å². The fourth-order valence-corrected chi connectivity index (χ4v) is 2.59. The first-order valence-corrected chi connectivity index (χ1v) is 6.93. The predicted octanol–water partition coefficient (Wildman–Crippen LogP) is 1.82. The topological polar surface area (TPSA) is 40.5 Å². The average molecular weight is 345 g/mol. The van der Waals surface area contributed by atoms with Crippen LogP contribution in [0.3, 0.4) is 0 Å². The molecule has 1 N–H and O–H groups in total. The van der Waals surface area contributed by atoms with Crippen molar-refractivity contribution in [2.45, 2.75) is 25.3 Å². The zero-order chi connectivity index (χ0) is 12.3. The summed E-state index contributed by atoms with van der Waals surface area (Å²) in [6.07, 6.45) is 2.37. The smallest absolute Gasteiger partial charge is 0.227 e. The first kappa shape index (κ1) is 12.8. The molecule has 3 nitrogen and oxygen atoms in total. The number of hydrogen-bond acceptors (Lipinski definition) is 2. The van der Waals surface area contributed by atoms with Gasteiger partial charge < -0.3 is 10.0 Å². The highest BCUT2D eigenvalue weighted by Crippen LogP contribution is 2.18. The lowest BCUT2D eigenvalue weighted by Gasteiger charge is -2.23. The van der Waals surface area contributed by atoms with E-state index in [0.29, 0.717) is 6.42 Å². The molecule has 0 saturated carbocycles. The van der Waals surface area contributed by atoms with Gasteiger partial charge in [-0.25, -0.2) is 0 Å². The molecule has 17 heavy (non-hydrogen) atoms. The summed E-state index contributed by atoms with van der Waals surface area (Å²) in [5, 5.41) is 9.19. The Balaban J connectivity index is 1.99. The third kappa shape index (κ3) is 3.19. The molecule has 1 fully saturated rings. The molecule has 1 amide bonds. The molecule has 1 aromatic rings. The molecule has 1 saturated heterocycles. The van der Waals surface area contributed by atoms with Gasteiger partial charge in [0.25, 0.3) is 0 Å². The molecule has 2 rings (SSSR count). The van der Waals surface area contributed by atoms with Crippen molar-refractivity contribution in [2.24, 2.45) is 0 Å². The van der Waals surface area contributed by atoms with E-state index in [1.54, 1.807) is 0 Å². The van der Waals surface area contributed by atoms with Gasteiger partial charge in [-0.15, -0.1) is 0 Å². The molecule has 1 aliphatic heterocycles. The van der Waals surface area contributed by atoms with E-state index in [9.17, 15) is 9.90 Å². The molecule has 0 aliphatic carbocycles. The predicted molar refractivity (Wildman–Crippen MR) is 74.7 cm³/mol. The summed E-state index contributed by atoms with van der Waals surface area (Å²) in [6, 6.07) is 8.03. The zero-order valence-corrected chi connectivity index (χ0v) is 11.8. The van der Waals surface area contributed by atoms with Crippen molar-refractivity contribution in [1.82, 2.24) is 4.90 Å². The summed E-state index contributed by atoms with van der Waals surface area (Å²) < 4.78 is 1.17. The van der Waals surface area contributed by atoms with Crippen LogP contribution in [0.25, 0.3) is 0 Å². The highest BCUT2D eigenvalue weighted by Gasteiger charge is 2.27. The van der Waals surface area contributed by atoms with Crippen LogP contribution in [0.2, 0.25) is 0 Å². The first-order chi connectivity index (χ1) is 8.20. The standard InChI is InChI=1S/C13H16INO2/c14-11-5-3-10(4-6-11)8-13(17)15-7-1-2-12(15)9-16/h3-6,12,16H,1-2,7-9H2/t12-/m1/s1.